The van der Waals surface area contributed by atoms with Crippen molar-refractivity contribution in [2.75, 3.05) is 6.61 Å². The molecule has 1 N–H and O–H groups in total. The van der Waals surface area contributed by atoms with Gasteiger partial charge in [0.1, 0.15) is 0 Å². The van der Waals surface area contributed by atoms with E-state index in [1.165, 1.54) is 24.0 Å². The van der Waals surface area contributed by atoms with E-state index >= 15 is 0 Å². The minimum absolute atomic E-state index is 0.0504. The first-order chi connectivity index (χ1) is 6.82. The first kappa shape index (κ1) is 9.72. The molecule has 0 heterocycles. The summed E-state index contributed by atoms with van der Waals surface area (Å²) in [6.07, 6.45) is 4.57. The normalized spacial score (nSPS) is 25.9. The minimum atomic E-state index is 0.0504. The molecule has 14 heavy (non-hydrogen) atoms. The molecule has 76 valence electrons. The minimum Gasteiger partial charge on any atom is -0.395 e. The molecule has 0 saturated heterocycles. The highest BCUT2D eigenvalue weighted by molar-refractivity contribution is 5.36. The highest BCUT2D eigenvalue weighted by atomic mass is 16.3. The van der Waals surface area contributed by atoms with Crippen molar-refractivity contribution in [1.29, 1.82) is 0 Å². The zero-order chi connectivity index (χ0) is 10.0. The van der Waals surface area contributed by atoms with Gasteiger partial charge in [-0.2, -0.15) is 0 Å². The summed E-state index contributed by atoms with van der Waals surface area (Å²) in [6.45, 7) is 2.47. The summed E-state index contributed by atoms with van der Waals surface area (Å²) in [5, 5.41) is 9.59. The van der Waals surface area contributed by atoms with Crippen LogP contribution in [-0.2, 0) is 11.8 Å². The number of aliphatic hydroxyl groups excluding tert-OH is 1. The lowest BCUT2D eigenvalue weighted by Crippen LogP contribution is -2.33. The maximum atomic E-state index is 9.59. The predicted molar refractivity (Wildman–Crippen MR) is 58.4 cm³/mol. The molecule has 0 amide bonds. The molecule has 1 unspecified atom stereocenters. The summed E-state index contributed by atoms with van der Waals surface area (Å²) < 4.78 is 0. The first-order valence-electron chi connectivity index (χ1n) is 5.51. The fourth-order valence-corrected chi connectivity index (χ4v) is 2.65. The second-order valence-corrected chi connectivity index (χ2v) is 4.30. The summed E-state index contributed by atoms with van der Waals surface area (Å²) in [7, 11) is 0. The lowest BCUT2D eigenvalue weighted by Gasteiger charge is -2.37. The zero-order valence-corrected chi connectivity index (χ0v) is 8.79. The van der Waals surface area contributed by atoms with E-state index in [9.17, 15) is 5.11 Å². The van der Waals surface area contributed by atoms with E-state index < -0.39 is 0 Å². The first-order valence-corrected chi connectivity index (χ1v) is 5.51. The van der Waals surface area contributed by atoms with Crippen LogP contribution in [0.25, 0.3) is 0 Å². The van der Waals surface area contributed by atoms with E-state index in [0.29, 0.717) is 6.61 Å². The van der Waals surface area contributed by atoms with Crippen LogP contribution in [0.2, 0.25) is 0 Å². The van der Waals surface area contributed by atoms with Crippen LogP contribution in [0.5, 0.6) is 0 Å². The topological polar surface area (TPSA) is 20.2 Å². The Labute approximate surface area is 85.8 Å². The van der Waals surface area contributed by atoms with Gasteiger partial charge in [-0.1, -0.05) is 31.2 Å². The Balaban J connectivity index is 2.48. The predicted octanol–water partition coefficient (Wildman–Crippen LogP) is 2.66. The monoisotopic (exact) mass is 190 g/mol. The number of rotatable bonds is 2. The molecule has 0 saturated carbocycles. The number of aliphatic hydroxyl groups is 1. The fraction of sp³-hybridized carbons (Fsp3) is 0.538. The van der Waals surface area contributed by atoms with Crippen molar-refractivity contribution in [2.45, 2.75) is 38.0 Å². The van der Waals surface area contributed by atoms with E-state index in [1.807, 2.05) is 0 Å². The van der Waals surface area contributed by atoms with Crippen molar-refractivity contribution < 1.29 is 5.11 Å². The molecular formula is C13H18O. The highest BCUT2D eigenvalue weighted by Gasteiger charge is 2.33. The maximum Gasteiger partial charge on any atom is 0.0527 e. The summed E-state index contributed by atoms with van der Waals surface area (Å²) in [5.74, 6) is 0. The fourth-order valence-electron chi connectivity index (χ4n) is 2.65. The van der Waals surface area contributed by atoms with Gasteiger partial charge in [0, 0.05) is 5.41 Å². The Morgan fingerprint density at radius 3 is 2.86 bits per heavy atom. The lowest BCUT2D eigenvalue weighted by atomic mass is 9.69. The van der Waals surface area contributed by atoms with Crippen LogP contribution in [0.4, 0.5) is 0 Å². The average Bonchev–Trinajstić information content (AvgIpc) is 2.28. The van der Waals surface area contributed by atoms with E-state index in [4.69, 9.17) is 0 Å². The van der Waals surface area contributed by atoms with Crippen LogP contribution in [0.3, 0.4) is 0 Å². The SMILES string of the molecule is CCC1(CO)CCCc2ccccc21. The second-order valence-electron chi connectivity index (χ2n) is 4.30. The van der Waals surface area contributed by atoms with Crippen LogP contribution in [0, 0.1) is 0 Å². The van der Waals surface area contributed by atoms with Crippen LogP contribution >= 0.6 is 0 Å². The molecule has 1 heteroatoms. The van der Waals surface area contributed by atoms with Crippen molar-refractivity contribution in [3.63, 3.8) is 0 Å². The van der Waals surface area contributed by atoms with Gasteiger partial charge in [0.05, 0.1) is 6.61 Å². The molecule has 1 aromatic carbocycles. The molecule has 1 aliphatic carbocycles. The van der Waals surface area contributed by atoms with Crippen LogP contribution < -0.4 is 0 Å². The Morgan fingerprint density at radius 1 is 1.36 bits per heavy atom. The standard InChI is InChI=1S/C13H18O/c1-2-13(10-14)9-5-7-11-6-3-4-8-12(11)13/h3-4,6,8,14H,2,5,7,9-10H2,1H3. The summed E-state index contributed by atoms with van der Waals surface area (Å²) in [6, 6.07) is 8.58. The number of fused-ring (bicyclic) bond motifs is 1. The molecule has 1 aromatic rings. The van der Waals surface area contributed by atoms with Gasteiger partial charge in [-0.3, -0.25) is 0 Å². The molecule has 0 spiro atoms. The van der Waals surface area contributed by atoms with Crippen LogP contribution in [-0.4, -0.2) is 11.7 Å². The molecule has 1 aliphatic rings. The van der Waals surface area contributed by atoms with E-state index in [1.54, 1.807) is 0 Å². The van der Waals surface area contributed by atoms with Gasteiger partial charge >= 0.3 is 0 Å². The molecule has 1 nitrogen and oxygen atoms in total. The molecule has 0 bridgehead atoms. The lowest BCUT2D eigenvalue weighted by molar-refractivity contribution is 0.169. The summed E-state index contributed by atoms with van der Waals surface area (Å²) in [5.41, 5.74) is 2.88. The number of benzene rings is 1. The van der Waals surface area contributed by atoms with Crippen LogP contribution in [0.1, 0.15) is 37.3 Å². The molecule has 0 aliphatic heterocycles. The van der Waals surface area contributed by atoms with Crippen LogP contribution in [0.15, 0.2) is 24.3 Å². The van der Waals surface area contributed by atoms with Gasteiger partial charge in [0.15, 0.2) is 0 Å². The van der Waals surface area contributed by atoms with E-state index in [2.05, 4.69) is 31.2 Å². The van der Waals surface area contributed by atoms with Crippen molar-refractivity contribution in [3.8, 4) is 0 Å². The van der Waals surface area contributed by atoms with Crippen molar-refractivity contribution in [2.24, 2.45) is 0 Å². The molecule has 0 radical (unpaired) electrons. The van der Waals surface area contributed by atoms with Gasteiger partial charge in [-0.25, -0.2) is 0 Å². The van der Waals surface area contributed by atoms with Gasteiger partial charge in [0.2, 0.25) is 0 Å². The maximum absolute atomic E-state index is 9.59. The number of hydrogen-bond donors (Lipinski definition) is 1. The molecule has 1 atom stereocenters. The number of aryl methyl sites for hydroxylation is 1. The Morgan fingerprint density at radius 2 is 2.14 bits per heavy atom. The smallest absolute Gasteiger partial charge is 0.0527 e. The van der Waals surface area contributed by atoms with E-state index in [0.717, 1.165) is 12.8 Å². The van der Waals surface area contributed by atoms with Gasteiger partial charge in [-0.15, -0.1) is 0 Å². The molecular weight excluding hydrogens is 172 g/mol. The second kappa shape index (κ2) is 3.74. The van der Waals surface area contributed by atoms with Crippen molar-refractivity contribution >= 4 is 0 Å². The molecule has 0 fully saturated rings. The molecule has 0 aromatic heterocycles. The Bertz CT molecular complexity index is 313. The highest BCUT2D eigenvalue weighted by Crippen LogP contribution is 2.39. The third kappa shape index (κ3) is 1.36. The number of hydrogen-bond acceptors (Lipinski definition) is 1. The largest absolute Gasteiger partial charge is 0.395 e. The van der Waals surface area contributed by atoms with Gasteiger partial charge in [0.25, 0.3) is 0 Å². The van der Waals surface area contributed by atoms with Gasteiger partial charge in [-0.05, 0) is 36.8 Å². The Kier molecular flexibility index (Phi) is 2.60. The summed E-state index contributed by atoms with van der Waals surface area (Å²) >= 11 is 0. The Hall–Kier alpha value is -0.820. The third-order valence-corrected chi connectivity index (χ3v) is 3.67. The molecule has 2 rings (SSSR count). The van der Waals surface area contributed by atoms with E-state index in [-0.39, 0.29) is 5.41 Å². The summed E-state index contributed by atoms with van der Waals surface area (Å²) in [4.78, 5) is 0. The third-order valence-electron chi connectivity index (χ3n) is 3.67. The van der Waals surface area contributed by atoms with Crippen molar-refractivity contribution in [1.82, 2.24) is 0 Å². The zero-order valence-electron chi connectivity index (χ0n) is 8.79. The quantitative estimate of drug-likeness (QED) is 0.760. The average molecular weight is 190 g/mol. The van der Waals surface area contributed by atoms with Gasteiger partial charge < -0.3 is 5.11 Å². The van der Waals surface area contributed by atoms with Crippen molar-refractivity contribution in [3.05, 3.63) is 35.4 Å².